The van der Waals surface area contributed by atoms with Gasteiger partial charge in [-0.25, -0.2) is 0 Å². The Balaban J connectivity index is 1.84. The summed E-state index contributed by atoms with van der Waals surface area (Å²) in [5.74, 6) is 3.24. The molecular formula is C14H23NO3S2. The highest BCUT2D eigenvalue weighted by molar-refractivity contribution is 7.91. The fraction of sp³-hybridized carbons (Fsp3) is 0.929. The largest absolute Gasteiger partial charge is 0.616 e. The van der Waals surface area contributed by atoms with E-state index < -0.39 is 22.4 Å². The molecule has 2 spiro atoms. The van der Waals surface area contributed by atoms with Gasteiger partial charge in [0.25, 0.3) is 0 Å². The van der Waals surface area contributed by atoms with Crippen molar-refractivity contribution in [1.29, 1.82) is 0 Å². The molecule has 3 saturated heterocycles. The van der Waals surface area contributed by atoms with Gasteiger partial charge in [0.15, 0.2) is 0 Å². The first-order valence-electron chi connectivity index (χ1n) is 7.42. The van der Waals surface area contributed by atoms with Gasteiger partial charge >= 0.3 is 0 Å². The van der Waals surface area contributed by atoms with E-state index in [0.717, 1.165) is 48.7 Å². The summed E-state index contributed by atoms with van der Waals surface area (Å²) in [5.41, 5.74) is -0.163. The Bertz CT molecular complexity index is 354. The van der Waals surface area contributed by atoms with Crippen LogP contribution in [0.4, 0.5) is 0 Å². The summed E-state index contributed by atoms with van der Waals surface area (Å²) in [5, 5.41) is 0. The van der Waals surface area contributed by atoms with E-state index in [9.17, 15) is 13.9 Å². The maximum atomic E-state index is 12.3. The summed E-state index contributed by atoms with van der Waals surface area (Å²) in [4.78, 5) is 14.8. The minimum Gasteiger partial charge on any atom is -0.616 e. The molecule has 6 heteroatoms. The number of ketones is 1. The fourth-order valence-corrected chi connectivity index (χ4v) is 7.07. The van der Waals surface area contributed by atoms with Gasteiger partial charge in [0.1, 0.15) is 28.8 Å². The van der Waals surface area contributed by atoms with E-state index in [-0.39, 0.29) is 11.1 Å². The first-order chi connectivity index (χ1) is 9.46. The van der Waals surface area contributed by atoms with E-state index in [4.69, 9.17) is 0 Å². The average Bonchev–Trinajstić information content (AvgIpc) is 2.43. The Morgan fingerprint density at radius 1 is 0.900 bits per heavy atom. The van der Waals surface area contributed by atoms with E-state index in [1.54, 1.807) is 0 Å². The quantitative estimate of drug-likeness (QED) is 0.621. The van der Waals surface area contributed by atoms with E-state index in [0.29, 0.717) is 18.6 Å². The molecule has 0 aromatic heterocycles. The first-order valence-corrected chi connectivity index (χ1v) is 10.4. The molecule has 3 aliphatic heterocycles. The Morgan fingerprint density at radius 3 is 1.60 bits per heavy atom. The molecule has 4 nitrogen and oxygen atoms in total. The number of hydrogen-bond donors (Lipinski definition) is 0. The second-order valence-electron chi connectivity index (χ2n) is 6.60. The van der Waals surface area contributed by atoms with Crippen LogP contribution in [0.3, 0.4) is 0 Å². The number of piperidine rings is 1. The van der Waals surface area contributed by atoms with Crippen LogP contribution in [0.15, 0.2) is 0 Å². The van der Waals surface area contributed by atoms with Crippen molar-refractivity contribution in [2.75, 3.05) is 30.1 Å². The standard InChI is InChI=1S/C14H23NO3S2/c1-15-13(2-6-19(17)7-3-13)10-12(16)11-14(15)4-8-20(18)9-5-14/h2-11H2,1H3. The van der Waals surface area contributed by atoms with E-state index in [1.807, 2.05) is 0 Å². The third-order valence-electron chi connectivity index (χ3n) is 5.66. The van der Waals surface area contributed by atoms with Crippen LogP contribution in [-0.2, 0) is 27.1 Å². The zero-order valence-corrected chi connectivity index (χ0v) is 13.7. The molecular weight excluding hydrogens is 294 g/mol. The normalized spacial score (nSPS) is 47.0. The number of nitrogens with zero attached hydrogens (tertiary/aromatic N) is 1. The van der Waals surface area contributed by atoms with Gasteiger partial charge in [0.2, 0.25) is 0 Å². The molecule has 0 saturated carbocycles. The second-order valence-corrected chi connectivity index (χ2v) is 9.99. The molecule has 0 N–H and O–H groups in total. The Kier molecular flexibility index (Phi) is 4.14. The molecule has 0 aromatic carbocycles. The van der Waals surface area contributed by atoms with Gasteiger partial charge in [-0.1, -0.05) is 22.4 Å². The zero-order valence-electron chi connectivity index (χ0n) is 12.1. The monoisotopic (exact) mass is 317 g/mol. The Labute approximate surface area is 127 Å². The highest BCUT2D eigenvalue weighted by atomic mass is 32.2. The van der Waals surface area contributed by atoms with Crippen molar-refractivity contribution in [1.82, 2.24) is 4.90 Å². The molecule has 114 valence electrons. The minimum absolute atomic E-state index is 0.0813. The van der Waals surface area contributed by atoms with Crippen molar-refractivity contribution in [2.45, 2.75) is 49.6 Å². The van der Waals surface area contributed by atoms with Crippen molar-refractivity contribution in [3.05, 3.63) is 0 Å². The number of Topliss-reactive ketones (excluding diaryl/α,β-unsaturated/α-hetero) is 1. The number of carbonyl (C=O) groups is 1. The third-order valence-corrected chi connectivity index (χ3v) is 8.29. The Hall–Kier alpha value is 0.250. The number of likely N-dealkylation sites (tertiary alicyclic amines) is 1. The number of carbonyl (C=O) groups excluding carboxylic acids is 1. The molecule has 0 atom stereocenters. The molecule has 0 unspecified atom stereocenters. The predicted molar refractivity (Wildman–Crippen MR) is 81.7 cm³/mol. The fourth-order valence-electron chi connectivity index (χ4n) is 4.23. The van der Waals surface area contributed by atoms with Gasteiger partial charge < -0.3 is 9.11 Å². The summed E-state index contributed by atoms with van der Waals surface area (Å²) in [6.45, 7) is 0. The summed E-state index contributed by atoms with van der Waals surface area (Å²) < 4.78 is 23.3. The van der Waals surface area contributed by atoms with Crippen molar-refractivity contribution in [2.24, 2.45) is 0 Å². The second kappa shape index (κ2) is 5.47. The molecule has 0 aromatic rings. The van der Waals surface area contributed by atoms with E-state index in [1.165, 1.54) is 0 Å². The summed E-state index contributed by atoms with van der Waals surface area (Å²) in [7, 11) is 2.15. The van der Waals surface area contributed by atoms with Crippen molar-refractivity contribution in [3.63, 3.8) is 0 Å². The maximum absolute atomic E-state index is 12.3. The van der Waals surface area contributed by atoms with Crippen LogP contribution in [0.2, 0.25) is 0 Å². The van der Waals surface area contributed by atoms with Gasteiger partial charge in [-0.3, -0.25) is 9.69 Å². The molecule has 0 radical (unpaired) electrons. The first kappa shape index (κ1) is 15.2. The highest BCUT2D eigenvalue weighted by Crippen LogP contribution is 2.46. The summed E-state index contributed by atoms with van der Waals surface area (Å²) in [6.07, 6.45) is 4.70. The van der Waals surface area contributed by atoms with E-state index >= 15 is 0 Å². The summed E-state index contributed by atoms with van der Waals surface area (Å²) in [6, 6.07) is 0. The van der Waals surface area contributed by atoms with Crippen molar-refractivity contribution < 1.29 is 13.9 Å². The van der Waals surface area contributed by atoms with Crippen LogP contribution in [0.25, 0.3) is 0 Å². The lowest BCUT2D eigenvalue weighted by atomic mass is 9.71. The topological polar surface area (TPSA) is 66.4 Å². The number of hydrogen-bond acceptors (Lipinski definition) is 4. The molecule has 0 aliphatic carbocycles. The number of rotatable bonds is 0. The predicted octanol–water partition coefficient (Wildman–Crippen LogP) is 0.844. The van der Waals surface area contributed by atoms with Gasteiger partial charge in [0.05, 0.1) is 0 Å². The van der Waals surface area contributed by atoms with Crippen LogP contribution in [0, 0.1) is 0 Å². The van der Waals surface area contributed by atoms with Gasteiger partial charge in [-0.15, -0.1) is 0 Å². The van der Waals surface area contributed by atoms with Crippen molar-refractivity contribution in [3.8, 4) is 0 Å². The van der Waals surface area contributed by atoms with Crippen LogP contribution in [0.5, 0.6) is 0 Å². The molecule has 0 amide bonds. The van der Waals surface area contributed by atoms with Crippen LogP contribution in [-0.4, -0.2) is 60.9 Å². The zero-order chi connectivity index (χ0) is 14.4. The smallest absolute Gasteiger partial charge is 0.136 e. The maximum Gasteiger partial charge on any atom is 0.136 e. The minimum atomic E-state index is -0.703. The van der Waals surface area contributed by atoms with E-state index in [2.05, 4.69) is 11.9 Å². The van der Waals surface area contributed by atoms with Gasteiger partial charge in [-0.05, 0) is 7.05 Å². The molecule has 3 heterocycles. The lowest BCUT2D eigenvalue weighted by Crippen LogP contribution is -2.67. The molecule has 3 fully saturated rings. The average molecular weight is 317 g/mol. The lowest BCUT2D eigenvalue weighted by molar-refractivity contribution is -0.137. The molecule has 3 aliphatic rings. The molecule has 20 heavy (non-hydrogen) atoms. The van der Waals surface area contributed by atoms with Crippen molar-refractivity contribution >= 4 is 28.1 Å². The lowest BCUT2D eigenvalue weighted by Gasteiger charge is -2.58. The molecule has 0 bridgehead atoms. The molecule has 3 rings (SSSR count). The SMILES string of the molecule is CN1C2(CC[S+]([O-])CC2)CC(=O)CC12CC[S+]([O-])CC2. The van der Waals surface area contributed by atoms with Crippen LogP contribution < -0.4 is 0 Å². The Morgan fingerprint density at radius 2 is 1.25 bits per heavy atom. The third kappa shape index (κ3) is 2.54. The van der Waals surface area contributed by atoms with Gasteiger partial charge in [0, 0.05) is 49.6 Å². The van der Waals surface area contributed by atoms with Gasteiger partial charge in [-0.2, -0.15) is 0 Å². The van der Waals surface area contributed by atoms with Crippen LogP contribution in [0.1, 0.15) is 38.5 Å². The highest BCUT2D eigenvalue weighted by Gasteiger charge is 2.55. The van der Waals surface area contributed by atoms with Crippen LogP contribution >= 0.6 is 0 Å². The summed E-state index contributed by atoms with van der Waals surface area (Å²) >= 11 is -1.41.